The van der Waals surface area contributed by atoms with Crippen LogP contribution in [0.15, 0.2) is 0 Å². The van der Waals surface area contributed by atoms with Crippen LogP contribution in [0.5, 0.6) is 0 Å². The van der Waals surface area contributed by atoms with Crippen LogP contribution in [-0.2, 0) is 21.8 Å². The quantitative estimate of drug-likeness (QED) is 0.0243. The molecule has 0 saturated carbocycles. The molecule has 0 aliphatic carbocycles. The lowest BCUT2D eigenvalue weighted by atomic mass is 10.0. The van der Waals surface area contributed by atoms with Crippen molar-refractivity contribution in [3.8, 4) is 0 Å². The fourth-order valence-corrected chi connectivity index (χ4v) is 13.9. The number of unbranched alkanes of at least 4 members (excludes halogenated alkanes) is 30. The van der Waals surface area contributed by atoms with E-state index in [0.29, 0.717) is 12.5 Å². The molecule has 0 rings (SSSR count). The van der Waals surface area contributed by atoms with E-state index in [1.807, 2.05) is 0 Å². The number of halogens is 2. The van der Waals surface area contributed by atoms with Crippen LogP contribution in [0.25, 0.3) is 0 Å². The summed E-state index contributed by atoms with van der Waals surface area (Å²) in [4.78, 5) is 66.9. The zero-order valence-corrected chi connectivity index (χ0v) is 53.5. The average Bonchev–Trinajstić information content (AvgIpc) is 3.27. The summed E-state index contributed by atoms with van der Waals surface area (Å²) < 4.78 is 28.9. The second-order valence-electron chi connectivity index (χ2n) is 21.1. The van der Waals surface area contributed by atoms with Gasteiger partial charge in [0, 0.05) is 53.4 Å². The van der Waals surface area contributed by atoms with Gasteiger partial charge in [-0.05, 0) is 25.7 Å². The predicted molar refractivity (Wildman–Crippen MR) is 300 cm³/mol. The smallest absolute Gasteiger partial charge is 0.668 e. The summed E-state index contributed by atoms with van der Waals surface area (Å²) in [5.74, 6) is 0. The molecule has 0 radical (unpaired) electrons. The third kappa shape index (κ3) is 68.9. The fourth-order valence-electron chi connectivity index (χ4n) is 8.65. The zero-order chi connectivity index (χ0) is 52.8. The minimum Gasteiger partial charge on any atom is -1.00 e. The van der Waals surface area contributed by atoms with Gasteiger partial charge in [-0.1, -0.05) is 201 Å². The minimum atomic E-state index is -4.61. The van der Waals surface area contributed by atoms with Gasteiger partial charge in [-0.25, -0.2) is 0 Å². The number of rotatable bonds is 48. The lowest BCUT2D eigenvalue weighted by Gasteiger charge is -2.34. The highest BCUT2D eigenvalue weighted by molar-refractivity contribution is 6.71. The largest absolute Gasteiger partial charge is 1.00 e. The van der Waals surface area contributed by atoms with E-state index >= 15 is 0 Å². The average molecular weight is 1170 g/mol. The molecule has 0 fully saturated rings. The summed E-state index contributed by atoms with van der Waals surface area (Å²) in [5, 5.41) is 0. The molecule has 22 heteroatoms. The first-order valence-electron chi connectivity index (χ1n) is 27.8. The first kappa shape index (κ1) is 87.7. The van der Waals surface area contributed by atoms with Gasteiger partial charge in [0.2, 0.25) is 0 Å². The van der Waals surface area contributed by atoms with E-state index in [-0.39, 0.29) is 43.8 Å². The van der Waals surface area contributed by atoms with Crippen molar-refractivity contribution in [2.24, 2.45) is 0 Å². The van der Waals surface area contributed by atoms with Gasteiger partial charge in [0.05, 0.1) is 54.4 Å². The Labute approximate surface area is 467 Å². The van der Waals surface area contributed by atoms with E-state index in [1.54, 1.807) is 14.2 Å². The molecule has 0 aliphatic heterocycles. The molecule has 73 heavy (non-hydrogen) atoms. The molecule has 0 aromatic heterocycles. The SMILES string of the molecule is C.CCCCCCCCCCCCCCCCCC[N+](C)(C)CCC[Si](O)(O)O.CCCCCCCCCCCCCCCCCC[N+](C)(C)CCC[Si](OC)(OC)O[Si](O)(OC)OC.O[Si](O)(O)O.[Cl-].[Cl-].[OH-]. The Hall–Kier alpha value is 0.808. The summed E-state index contributed by atoms with van der Waals surface area (Å²) >= 11 is 0. The maximum absolute atomic E-state index is 10.3. The molecule has 0 aromatic carbocycles. The van der Waals surface area contributed by atoms with Gasteiger partial charge in [-0.2, -0.15) is 0 Å². The molecule has 0 heterocycles. The molecule has 0 atom stereocenters. The molecular weight excluding hydrogens is 1050 g/mol. The molecule has 0 spiro atoms. The summed E-state index contributed by atoms with van der Waals surface area (Å²) in [6, 6.07) is 0.774. The summed E-state index contributed by atoms with van der Waals surface area (Å²) in [7, 11) is -0.396. The maximum atomic E-state index is 10.3. The minimum absolute atomic E-state index is 0. The number of nitrogens with zero attached hydrogens (tertiary/aromatic N) is 2. The third-order valence-electron chi connectivity index (χ3n) is 13.2. The number of quaternary nitrogens is 2. The van der Waals surface area contributed by atoms with Crippen molar-refractivity contribution in [2.75, 3.05) is 82.8 Å². The van der Waals surface area contributed by atoms with Crippen LogP contribution >= 0.6 is 0 Å². The molecule has 0 saturated heterocycles. The van der Waals surface area contributed by atoms with Gasteiger partial charge in [0.25, 0.3) is 0 Å². The van der Waals surface area contributed by atoms with E-state index in [1.165, 1.54) is 226 Å². The first-order valence-corrected chi connectivity index (χ1v) is 35.3. The van der Waals surface area contributed by atoms with E-state index in [0.717, 1.165) is 35.0 Å². The summed E-state index contributed by atoms with van der Waals surface area (Å²) in [6.07, 6.45) is 46.3. The van der Waals surface area contributed by atoms with E-state index in [4.69, 9.17) is 55.4 Å². The van der Waals surface area contributed by atoms with E-state index in [9.17, 15) is 4.80 Å². The van der Waals surface area contributed by atoms with Gasteiger partial charge in [-0.15, -0.1) is 0 Å². The topological polar surface area (TPSA) is 238 Å². The molecule has 9 N–H and O–H groups in total. The van der Waals surface area contributed by atoms with Crippen molar-refractivity contribution >= 4 is 35.7 Å². The Morgan fingerprint density at radius 2 is 0.534 bits per heavy atom. The van der Waals surface area contributed by atoms with Gasteiger partial charge in [0.1, 0.15) is 0 Å². The highest BCUT2D eigenvalue weighted by atomic mass is 35.5. The Bertz CT molecular complexity index is 1080. The van der Waals surface area contributed by atoms with Crippen LogP contribution in [0.3, 0.4) is 0 Å². The van der Waals surface area contributed by atoms with Crippen molar-refractivity contribution in [1.82, 2.24) is 0 Å². The molecule has 16 nitrogen and oxygen atoms in total. The lowest BCUT2D eigenvalue weighted by molar-refractivity contribution is -0.890. The van der Waals surface area contributed by atoms with Crippen molar-refractivity contribution in [3.05, 3.63) is 0 Å². The number of hydrogen-bond donors (Lipinski definition) is 8. The fraction of sp³-hybridized carbons (Fsp3) is 1.00. The molecule has 0 bridgehead atoms. The Morgan fingerprint density at radius 1 is 0.329 bits per heavy atom. The molecule has 0 amide bonds. The lowest BCUT2D eigenvalue weighted by Crippen LogP contribution is -3.00. The Balaban J connectivity index is -0.000000212. The van der Waals surface area contributed by atoms with Crippen LogP contribution in [0, 0.1) is 0 Å². The molecular formula is C51H123Cl2N2O14Si4-. The molecule has 0 aromatic rings. The van der Waals surface area contributed by atoms with E-state index in [2.05, 4.69) is 42.0 Å². The molecule has 0 aliphatic rings. The summed E-state index contributed by atoms with van der Waals surface area (Å²) in [6.45, 7) is 8.77. The van der Waals surface area contributed by atoms with Crippen LogP contribution in [0.2, 0.25) is 12.1 Å². The second-order valence-corrected chi connectivity index (χ2v) is 29.7. The standard InChI is InChI=1S/C27H62NO6Si2.C23H52NO3Si.CH4.2ClH.H4O4Si.H2O/c1-8-9-10-11-12-13-14-15-16-17-18-19-20-21-22-23-25-28(2,3)26-24-27-35(30-4,31-5)34-36(29,32-6)33-7;1-4-5-6-7-8-9-10-11-12-13-14-15-16-17-18-19-21-24(2,3)22-20-23-28(25,26)27;;;;1-5(2,3)4;/h29H,8-27H2,1-7H3;25-27H,4-23H2,1-3H3;1H4;2*1H;1-4H;1H2/q2*+1;;;;;/p-3. The molecule has 0 unspecified atom stereocenters. The van der Waals surface area contributed by atoms with Gasteiger partial charge in [-0.3, -0.25) is 0 Å². The van der Waals surface area contributed by atoms with Gasteiger partial charge in [0.15, 0.2) is 0 Å². The van der Waals surface area contributed by atoms with Crippen molar-refractivity contribution in [3.63, 3.8) is 0 Å². The second kappa shape index (κ2) is 56.1. The van der Waals surface area contributed by atoms with Crippen LogP contribution in [0.4, 0.5) is 0 Å². The third-order valence-corrected chi connectivity index (χ3v) is 19.7. The van der Waals surface area contributed by atoms with Crippen molar-refractivity contribution in [2.45, 2.75) is 252 Å². The highest BCUT2D eigenvalue weighted by Gasteiger charge is 2.52. The number of hydrogen-bond acceptors (Lipinski definition) is 14. The van der Waals surface area contributed by atoms with Gasteiger partial charge >= 0.3 is 35.7 Å². The summed E-state index contributed by atoms with van der Waals surface area (Å²) in [5.41, 5.74) is 0. The Kier molecular flexibility index (Phi) is 67.4. The predicted octanol–water partition coefficient (Wildman–Crippen LogP) is 4.17. The highest BCUT2D eigenvalue weighted by Crippen LogP contribution is 2.23. The van der Waals surface area contributed by atoms with Crippen molar-refractivity contribution in [1.29, 1.82) is 0 Å². The molecule has 452 valence electrons. The van der Waals surface area contributed by atoms with Crippen LogP contribution < -0.4 is 24.8 Å². The first-order chi connectivity index (χ1) is 32.5. The normalized spacial score (nSPS) is 12.1. The monoisotopic (exact) mass is 1170 g/mol. The van der Waals surface area contributed by atoms with E-state index < -0.39 is 35.7 Å². The Morgan fingerprint density at radius 3 is 0.740 bits per heavy atom. The zero-order valence-electron chi connectivity index (χ0n) is 48.0. The maximum Gasteiger partial charge on any atom is 0.668 e. The van der Waals surface area contributed by atoms with Crippen LogP contribution in [-0.4, -0.2) is 171 Å². The van der Waals surface area contributed by atoms with Crippen LogP contribution in [0.1, 0.15) is 240 Å². The van der Waals surface area contributed by atoms with Crippen molar-refractivity contribution < 1.29 is 99.4 Å². The van der Waals surface area contributed by atoms with Gasteiger partial charge < -0.3 is 99.4 Å².